The van der Waals surface area contributed by atoms with Crippen LogP contribution in [0.25, 0.3) is 10.2 Å². The van der Waals surface area contributed by atoms with Crippen molar-refractivity contribution in [3.05, 3.63) is 52.8 Å². The molecule has 0 spiro atoms. The minimum atomic E-state index is -0.445. The van der Waals surface area contributed by atoms with Gasteiger partial charge in [0.25, 0.3) is 5.91 Å². The van der Waals surface area contributed by atoms with Gasteiger partial charge < -0.3 is 18.8 Å². The molecular weight excluding hydrogens is 368 g/mol. The number of nitrogens with zero attached hydrogens (tertiary/aromatic N) is 2. The summed E-state index contributed by atoms with van der Waals surface area (Å²) in [6, 6.07) is 12.2. The van der Waals surface area contributed by atoms with Crippen molar-refractivity contribution >= 4 is 33.4 Å². The van der Waals surface area contributed by atoms with Gasteiger partial charge in [0.1, 0.15) is 23.6 Å². The first-order valence-electron chi connectivity index (χ1n) is 8.03. The van der Waals surface area contributed by atoms with Crippen LogP contribution in [0.1, 0.15) is 10.4 Å². The summed E-state index contributed by atoms with van der Waals surface area (Å²) in [5.41, 5.74) is 1.11. The minimum Gasteiger partial charge on any atom is -0.497 e. The van der Waals surface area contributed by atoms with Crippen LogP contribution in [0.15, 0.2) is 47.5 Å². The van der Waals surface area contributed by atoms with Gasteiger partial charge in [-0.15, -0.1) is 0 Å². The predicted octanol–water partition coefficient (Wildman–Crippen LogP) is 2.63. The maximum Gasteiger partial charge on any atom is 0.325 e. The molecule has 1 heterocycles. The largest absolute Gasteiger partial charge is 0.497 e. The van der Waals surface area contributed by atoms with Gasteiger partial charge in [-0.25, -0.2) is 0 Å². The second kappa shape index (κ2) is 8.05. The van der Waals surface area contributed by atoms with Gasteiger partial charge in [0.2, 0.25) is 0 Å². The first kappa shape index (κ1) is 18.7. The first-order chi connectivity index (χ1) is 13.1. The Bertz CT molecular complexity index is 1050. The van der Waals surface area contributed by atoms with E-state index in [2.05, 4.69) is 4.99 Å². The van der Waals surface area contributed by atoms with Crippen LogP contribution in [0.2, 0.25) is 0 Å². The van der Waals surface area contributed by atoms with Gasteiger partial charge in [-0.2, -0.15) is 4.99 Å². The van der Waals surface area contributed by atoms with E-state index in [1.165, 1.54) is 18.4 Å². The van der Waals surface area contributed by atoms with E-state index in [1.54, 1.807) is 49.1 Å². The van der Waals surface area contributed by atoms with Gasteiger partial charge in [-0.3, -0.25) is 9.59 Å². The number of fused-ring (bicyclic) bond motifs is 1. The van der Waals surface area contributed by atoms with Crippen LogP contribution in [-0.4, -0.2) is 37.8 Å². The Hall–Kier alpha value is -3.13. The van der Waals surface area contributed by atoms with Crippen molar-refractivity contribution < 1.29 is 23.8 Å². The Balaban J connectivity index is 2.13. The standard InChI is InChI=1S/C19H18N2O5S/c1-24-13-9-7-12(8-10-13)18(23)20-19-21(11-16(22)26-3)17-14(25-2)5-4-6-15(17)27-19/h4-10H,11H2,1-3H3. The number of aromatic nitrogens is 1. The van der Waals surface area contributed by atoms with Gasteiger partial charge in [-0.1, -0.05) is 17.4 Å². The number of para-hydroxylation sites is 1. The molecule has 0 atom stereocenters. The van der Waals surface area contributed by atoms with Crippen LogP contribution in [0.3, 0.4) is 0 Å². The lowest BCUT2D eigenvalue weighted by Crippen LogP contribution is -2.22. The average Bonchev–Trinajstić information content (AvgIpc) is 3.04. The van der Waals surface area contributed by atoms with E-state index in [9.17, 15) is 9.59 Å². The molecule has 0 saturated heterocycles. The summed E-state index contributed by atoms with van der Waals surface area (Å²) < 4.78 is 17.8. The van der Waals surface area contributed by atoms with Gasteiger partial charge in [-0.05, 0) is 36.4 Å². The van der Waals surface area contributed by atoms with Crippen LogP contribution in [0, 0.1) is 0 Å². The smallest absolute Gasteiger partial charge is 0.325 e. The minimum absolute atomic E-state index is 0.0778. The summed E-state index contributed by atoms with van der Waals surface area (Å²) in [6.07, 6.45) is 0. The van der Waals surface area contributed by atoms with Gasteiger partial charge in [0, 0.05) is 5.56 Å². The van der Waals surface area contributed by atoms with E-state index in [-0.39, 0.29) is 6.54 Å². The molecule has 0 radical (unpaired) electrons. The number of hydrogen-bond acceptors (Lipinski definition) is 6. The van der Waals surface area contributed by atoms with Crippen LogP contribution in [0.4, 0.5) is 0 Å². The van der Waals surface area contributed by atoms with E-state index >= 15 is 0 Å². The highest BCUT2D eigenvalue weighted by Crippen LogP contribution is 2.27. The molecule has 0 bridgehead atoms. The Morgan fingerprint density at radius 1 is 1.04 bits per heavy atom. The average molecular weight is 386 g/mol. The lowest BCUT2D eigenvalue weighted by atomic mass is 10.2. The Labute approximate surface area is 159 Å². The molecule has 0 saturated carbocycles. The van der Waals surface area contributed by atoms with Gasteiger partial charge >= 0.3 is 5.97 Å². The van der Waals surface area contributed by atoms with Crippen molar-refractivity contribution in [3.8, 4) is 11.5 Å². The van der Waals surface area contributed by atoms with Crippen molar-refractivity contribution in [1.29, 1.82) is 0 Å². The zero-order valence-electron chi connectivity index (χ0n) is 15.1. The molecular formula is C19H18N2O5S. The Morgan fingerprint density at radius 2 is 1.78 bits per heavy atom. The number of esters is 1. The Morgan fingerprint density at radius 3 is 2.41 bits per heavy atom. The van der Waals surface area contributed by atoms with E-state index in [4.69, 9.17) is 14.2 Å². The second-order valence-corrected chi connectivity index (χ2v) is 6.51. The van der Waals surface area contributed by atoms with E-state index in [0.717, 1.165) is 4.70 Å². The van der Waals surface area contributed by atoms with E-state index < -0.39 is 11.9 Å². The third-order valence-corrected chi connectivity index (χ3v) is 4.98. The number of amides is 1. The molecule has 1 aromatic heterocycles. The quantitative estimate of drug-likeness (QED) is 0.630. The van der Waals surface area contributed by atoms with Gasteiger partial charge in [0.05, 0.1) is 26.0 Å². The summed E-state index contributed by atoms with van der Waals surface area (Å²) in [5, 5.41) is 0. The highest BCUT2D eigenvalue weighted by Gasteiger charge is 2.15. The molecule has 0 aliphatic carbocycles. The van der Waals surface area contributed by atoms with Crippen molar-refractivity contribution in [2.24, 2.45) is 4.99 Å². The molecule has 2 aromatic carbocycles. The number of benzene rings is 2. The lowest BCUT2D eigenvalue weighted by molar-refractivity contribution is -0.141. The van der Waals surface area contributed by atoms with Crippen LogP contribution in [-0.2, 0) is 16.1 Å². The van der Waals surface area contributed by atoms with Crippen LogP contribution < -0.4 is 14.3 Å². The molecule has 0 aliphatic rings. The third kappa shape index (κ3) is 3.85. The molecule has 27 heavy (non-hydrogen) atoms. The molecule has 7 nitrogen and oxygen atoms in total. The van der Waals surface area contributed by atoms with Crippen molar-refractivity contribution in [2.75, 3.05) is 21.3 Å². The molecule has 0 N–H and O–H groups in total. The molecule has 140 valence electrons. The molecule has 1 amide bonds. The highest BCUT2D eigenvalue weighted by atomic mass is 32.1. The monoisotopic (exact) mass is 386 g/mol. The fourth-order valence-corrected chi connectivity index (χ4v) is 3.62. The number of ether oxygens (including phenoxy) is 3. The molecule has 0 unspecified atom stereocenters. The number of methoxy groups -OCH3 is 3. The van der Waals surface area contributed by atoms with Crippen molar-refractivity contribution in [1.82, 2.24) is 4.57 Å². The zero-order chi connectivity index (χ0) is 19.4. The second-order valence-electron chi connectivity index (χ2n) is 5.50. The molecule has 0 aliphatic heterocycles. The van der Waals surface area contributed by atoms with E-state index in [1.807, 2.05) is 12.1 Å². The molecule has 8 heteroatoms. The molecule has 0 fully saturated rings. The number of carbonyl (C=O) groups excluding carboxylic acids is 2. The lowest BCUT2D eigenvalue weighted by Gasteiger charge is -2.07. The van der Waals surface area contributed by atoms with Crippen LogP contribution >= 0.6 is 11.3 Å². The molecule has 3 rings (SSSR count). The number of carbonyl (C=O) groups is 2. The fraction of sp³-hybridized carbons (Fsp3) is 0.211. The van der Waals surface area contributed by atoms with E-state index in [0.29, 0.717) is 27.4 Å². The van der Waals surface area contributed by atoms with Crippen LogP contribution in [0.5, 0.6) is 11.5 Å². The summed E-state index contributed by atoms with van der Waals surface area (Å²) in [6.45, 7) is -0.0778. The normalized spacial score (nSPS) is 11.4. The number of rotatable bonds is 5. The predicted molar refractivity (Wildman–Crippen MR) is 101 cm³/mol. The maximum absolute atomic E-state index is 12.6. The summed E-state index contributed by atoms with van der Waals surface area (Å²) in [5.74, 6) is 0.380. The SMILES string of the molecule is COC(=O)Cn1c(=NC(=O)c2ccc(OC)cc2)sc2cccc(OC)c21. The topological polar surface area (TPSA) is 79.1 Å². The third-order valence-electron chi connectivity index (χ3n) is 3.93. The van der Waals surface area contributed by atoms with Crippen molar-refractivity contribution in [3.63, 3.8) is 0 Å². The Kier molecular flexibility index (Phi) is 5.56. The number of thiazole rings is 1. The maximum atomic E-state index is 12.6. The summed E-state index contributed by atoms with van der Waals surface area (Å²) >= 11 is 1.30. The van der Waals surface area contributed by atoms with Gasteiger partial charge in [0.15, 0.2) is 4.80 Å². The summed E-state index contributed by atoms with van der Waals surface area (Å²) in [7, 11) is 4.42. The first-order valence-corrected chi connectivity index (χ1v) is 8.85. The zero-order valence-corrected chi connectivity index (χ0v) is 15.9. The highest BCUT2D eigenvalue weighted by molar-refractivity contribution is 7.16. The van der Waals surface area contributed by atoms with Crippen molar-refractivity contribution in [2.45, 2.75) is 6.54 Å². The fourth-order valence-electron chi connectivity index (χ4n) is 2.57. The summed E-state index contributed by atoms with van der Waals surface area (Å²) in [4.78, 5) is 29.1. The number of hydrogen-bond donors (Lipinski definition) is 0. The molecule has 3 aromatic rings.